The van der Waals surface area contributed by atoms with Crippen molar-refractivity contribution in [1.82, 2.24) is 4.98 Å². The first-order chi connectivity index (χ1) is 15.1. The van der Waals surface area contributed by atoms with E-state index in [9.17, 15) is 13.2 Å². The highest BCUT2D eigenvalue weighted by Crippen LogP contribution is 2.30. The van der Waals surface area contributed by atoms with Gasteiger partial charge in [-0.1, -0.05) is 36.4 Å². The van der Waals surface area contributed by atoms with Gasteiger partial charge < -0.3 is 27.7 Å². The second-order valence-electron chi connectivity index (χ2n) is 7.08. The lowest BCUT2D eigenvalue weighted by atomic mass is 10.1. The van der Waals surface area contributed by atoms with E-state index in [4.69, 9.17) is 27.7 Å². The minimum Gasteiger partial charge on any atom is -0.438 e. The summed E-state index contributed by atoms with van der Waals surface area (Å²) >= 11 is 0. The number of aromatic nitrogens is 1. The number of benzene rings is 2. The quantitative estimate of drug-likeness (QED) is 0.208. The number of ether oxygens (including phenoxy) is 1. The normalized spacial score (nSPS) is 13.3. The van der Waals surface area contributed by atoms with E-state index in [2.05, 4.69) is 9.98 Å². The molecule has 0 saturated carbocycles. The van der Waals surface area contributed by atoms with Crippen molar-refractivity contribution in [3.63, 3.8) is 0 Å². The van der Waals surface area contributed by atoms with Gasteiger partial charge in [0.1, 0.15) is 5.75 Å². The summed E-state index contributed by atoms with van der Waals surface area (Å²) in [5.74, 6) is -0.593. The molecular weight excluding hydrogens is 432 g/mol. The zero-order valence-electron chi connectivity index (χ0n) is 17.1. The summed E-state index contributed by atoms with van der Waals surface area (Å²) in [5.41, 5.74) is 21.8. The van der Waals surface area contributed by atoms with Crippen LogP contribution in [0.1, 0.15) is 12.8 Å². The Labute approximate surface area is 185 Å². The molecule has 0 spiro atoms. The SMILES string of the molecule is NC(=O)[C@](N)(CCCN=C(N)N)S(=O)(=O)c1ccc(Oc2cccc3ccccc23)nc1. The molecule has 0 saturated heterocycles. The number of guanidine groups is 1. The summed E-state index contributed by atoms with van der Waals surface area (Å²) in [6.07, 6.45) is 0.943. The van der Waals surface area contributed by atoms with Crippen LogP contribution in [-0.2, 0) is 14.6 Å². The van der Waals surface area contributed by atoms with Crippen LogP contribution in [-0.4, -0.2) is 36.7 Å². The molecule has 0 aliphatic rings. The molecule has 0 fully saturated rings. The Hall–Kier alpha value is -3.70. The Balaban J connectivity index is 1.84. The van der Waals surface area contributed by atoms with E-state index in [1.165, 1.54) is 12.1 Å². The summed E-state index contributed by atoms with van der Waals surface area (Å²) in [6, 6.07) is 15.9. The minimum absolute atomic E-state index is 0.0974. The first kappa shape index (κ1) is 23.0. The Morgan fingerprint density at radius 1 is 1.03 bits per heavy atom. The number of pyridine rings is 1. The van der Waals surface area contributed by atoms with Crippen molar-refractivity contribution < 1.29 is 17.9 Å². The van der Waals surface area contributed by atoms with Gasteiger partial charge in [0, 0.05) is 24.2 Å². The van der Waals surface area contributed by atoms with Gasteiger partial charge in [-0.25, -0.2) is 13.4 Å². The van der Waals surface area contributed by atoms with Crippen LogP contribution in [0.25, 0.3) is 10.8 Å². The van der Waals surface area contributed by atoms with Crippen LogP contribution in [0.2, 0.25) is 0 Å². The number of aliphatic imine (C=N–C) groups is 1. The Morgan fingerprint density at radius 3 is 2.41 bits per heavy atom. The number of rotatable bonds is 9. The van der Waals surface area contributed by atoms with Crippen LogP contribution in [0.15, 0.2) is 70.7 Å². The van der Waals surface area contributed by atoms with Crippen LogP contribution in [0.3, 0.4) is 0 Å². The number of fused-ring (bicyclic) bond motifs is 1. The molecule has 0 bridgehead atoms. The van der Waals surface area contributed by atoms with Crippen LogP contribution in [0.4, 0.5) is 0 Å². The Kier molecular flexibility index (Phi) is 6.61. The number of primary amides is 1. The van der Waals surface area contributed by atoms with E-state index in [0.29, 0.717) is 5.75 Å². The lowest BCUT2D eigenvalue weighted by Crippen LogP contribution is -2.57. The fraction of sp³-hybridized carbons (Fsp3) is 0.190. The molecule has 2 aromatic carbocycles. The molecule has 1 atom stereocenters. The summed E-state index contributed by atoms with van der Waals surface area (Å²) < 4.78 is 32.0. The van der Waals surface area contributed by atoms with E-state index < -0.39 is 20.6 Å². The number of nitrogens with zero attached hydrogens (tertiary/aromatic N) is 2. The molecule has 32 heavy (non-hydrogen) atoms. The number of carbonyl (C=O) groups excluding carboxylic acids is 1. The van der Waals surface area contributed by atoms with Gasteiger partial charge in [0.15, 0.2) is 5.96 Å². The summed E-state index contributed by atoms with van der Waals surface area (Å²) in [4.78, 5) is 17.2. The number of nitrogens with two attached hydrogens (primary N) is 4. The fourth-order valence-corrected chi connectivity index (χ4v) is 4.67. The molecule has 10 nitrogen and oxygen atoms in total. The highest BCUT2D eigenvalue weighted by atomic mass is 32.2. The van der Waals surface area contributed by atoms with Gasteiger partial charge in [0.05, 0.1) is 4.90 Å². The minimum atomic E-state index is -4.35. The van der Waals surface area contributed by atoms with Gasteiger partial charge in [-0.05, 0) is 30.4 Å². The van der Waals surface area contributed by atoms with Crippen LogP contribution in [0.5, 0.6) is 11.6 Å². The maximum absolute atomic E-state index is 13.1. The second kappa shape index (κ2) is 9.20. The average Bonchev–Trinajstić information content (AvgIpc) is 2.77. The number of carbonyl (C=O) groups is 1. The van der Waals surface area contributed by atoms with Crippen LogP contribution >= 0.6 is 0 Å². The van der Waals surface area contributed by atoms with Gasteiger partial charge in [0.2, 0.25) is 20.6 Å². The molecule has 0 radical (unpaired) electrons. The van der Waals surface area contributed by atoms with E-state index in [1.807, 2.05) is 36.4 Å². The van der Waals surface area contributed by atoms with Crippen molar-refractivity contribution in [2.45, 2.75) is 22.6 Å². The van der Waals surface area contributed by atoms with E-state index in [0.717, 1.165) is 17.0 Å². The highest BCUT2D eigenvalue weighted by molar-refractivity contribution is 7.93. The van der Waals surface area contributed by atoms with Crippen molar-refractivity contribution in [3.8, 4) is 11.6 Å². The van der Waals surface area contributed by atoms with Crippen molar-refractivity contribution >= 4 is 32.5 Å². The largest absolute Gasteiger partial charge is 0.438 e. The predicted molar refractivity (Wildman–Crippen MR) is 121 cm³/mol. The number of hydrogen-bond acceptors (Lipinski definition) is 7. The molecule has 1 aromatic heterocycles. The zero-order valence-corrected chi connectivity index (χ0v) is 18.0. The Morgan fingerprint density at radius 2 is 1.75 bits per heavy atom. The molecule has 1 amide bonds. The fourth-order valence-electron chi connectivity index (χ4n) is 3.13. The first-order valence-electron chi connectivity index (χ1n) is 9.65. The second-order valence-corrected chi connectivity index (χ2v) is 9.29. The number of amides is 1. The standard InChI is InChI=1S/C21H24N6O4S/c22-19(28)21(25,11-4-12-26-20(23)24)32(29,30)15-9-10-18(27-13-15)31-17-8-3-6-14-5-1-2-7-16(14)17/h1-3,5-10,13H,4,11-12,25H2,(H2,22,28)(H4,23,24,26)/t21-/m0/s1. The molecule has 0 aliphatic carbocycles. The van der Waals surface area contributed by atoms with Crippen molar-refractivity contribution in [1.29, 1.82) is 0 Å². The smallest absolute Gasteiger partial charge is 0.253 e. The number of hydrogen-bond donors (Lipinski definition) is 4. The predicted octanol–water partition coefficient (Wildman–Crippen LogP) is 0.995. The van der Waals surface area contributed by atoms with Gasteiger partial charge in [-0.2, -0.15) is 0 Å². The van der Waals surface area contributed by atoms with Gasteiger partial charge in [-0.15, -0.1) is 0 Å². The third kappa shape index (κ3) is 4.63. The molecule has 168 valence electrons. The Bertz CT molecular complexity index is 1250. The zero-order chi connectivity index (χ0) is 23.4. The molecule has 0 unspecified atom stereocenters. The molecule has 1 heterocycles. The molecule has 3 aromatic rings. The molecule has 8 N–H and O–H groups in total. The van der Waals surface area contributed by atoms with E-state index >= 15 is 0 Å². The van der Waals surface area contributed by atoms with Crippen LogP contribution < -0.4 is 27.7 Å². The highest BCUT2D eigenvalue weighted by Gasteiger charge is 2.46. The monoisotopic (exact) mass is 456 g/mol. The van der Waals surface area contributed by atoms with Crippen molar-refractivity contribution in [2.24, 2.45) is 27.9 Å². The molecule has 3 rings (SSSR count). The summed E-state index contributed by atoms with van der Waals surface area (Å²) in [5, 5.41) is 1.86. The summed E-state index contributed by atoms with van der Waals surface area (Å²) in [6.45, 7) is 0.0974. The van der Waals surface area contributed by atoms with Gasteiger partial charge >= 0.3 is 0 Å². The molecule has 11 heteroatoms. The third-order valence-corrected chi connectivity index (χ3v) is 7.11. The lowest BCUT2D eigenvalue weighted by molar-refractivity contribution is -0.120. The molecular formula is C21H24N6O4S. The van der Waals surface area contributed by atoms with E-state index in [-0.39, 0.29) is 36.1 Å². The topological polar surface area (TPSA) is 190 Å². The lowest BCUT2D eigenvalue weighted by Gasteiger charge is -2.25. The van der Waals surface area contributed by atoms with Gasteiger partial charge in [0.25, 0.3) is 5.91 Å². The average molecular weight is 457 g/mol. The summed E-state index contributed by atoms with van der Waals surface area (Å²) in [7, 11) is -4.35. The first-order valence-corrected chi connectivity index (χ1v) is 11.1. The third-order valence-electron chi connectivity index (χ3n) is 4.88. The molecule has 0 aliphatic heterocycles. The van der Waals surface area contributed by atoms with Crippen LogP contribution in [0, 0.1) is 0 Å². The van der Waals surface area contributed by atoms with Gasteiger partial charge in [-0.3, -0.25) is 9.79 Å². The number of sulfone groups is 1. The van der Waals surface area contributed by atoms with Crippen molar-refractivity contribution in [3.05, 3.63) is 60.8 Å². The van der Waals surface area contributed by atoms with Crippen molar-refractivity contribution in [2.75, 3.05) is 6.54 Å². The van der Waals surface area contributed by atoms with E-state index in [1.54, 1.807) is 6.07 Å². The maximum Gasteiger partial charge on any atom is 0.253 e. The maximum atomic E-state index is 13.1.